The van der Waals surface area contributed by atoms with Crippen molar-refractivity contribution in [3.63, 3.8) is 0 Å². The Morgan fingerprint density at radius 1 is 1.15 bits per heavy atom. The number of halogens is 1. The number of rotatable bonds is 7. The van der Waals surface area contributed by atoms with Crippen LogP contribution in [0.25, 0.3) is 21.5 Å². The Bertz CT molecular complexity index is 1380. The van der Waals surface area contributed by atoms with Crippen molar-refractivity contribution in [2.24, 2.45) is 5.73 Å². The van der Waals surface area contributed by atoms with Crippen LogP contribution in [0.15, 0.2) is 30.9 Å². The van der Waals surface area contributed by atoms with Crippen molar-refractivity contribution in [2.75, 3.05) is 19.0 Å². The van der Waals surface area contributed by atoms with E-state index in [1.54, 1.807) is 19.1 Å². The molecule has 0 radical (unpaired) electrons. The number of anilines is 1. The van der Waals surface area contributed by atoms with E-state index in [-0.39, 0.29) is 28.3 Å². The van der Waals surface area contributed by atoms with E-state index in [0.29, 0.717) is 32.9 Å². The normalized spacial score (nSPS) is 10.8. The third-order valence-corrected chi connectivity index (χ3v) is 5.45. The van der Waals surface area contributed by atoms with Gasteiger partial charge in [0.25, 0.3) is 11.8 Å². The van der Waals surface area contributed by atoms with Crippen LogP contribution in [0.5, 0.6) is 11.6 Å². The largest absolute Gasteiger partial charge is 0.494 e. The Morgan fingerprint density at radius 3 is 2.73 bits per heavy atom. The Labute approximate surface area is 196 Å². The third kappa shape index (κ3) is 4.81. The molecule has 0 fully saturated rings. The number of pyridine rings is 2. The van der Waals surface area contributed by atoms with E-state index in [2.05, 4.69) is 30.2 Å². The van der Waals surface area contributed by atoms with Crippen LogP contribution in [0.4, 0.5) is 5.13 Å². The number of aromatic nitrogens is 5. The molecule has 2 amide bonds. The third-order valence-electron chi connectivity index (χ3n) is 4.36. The van der Waals surface area contributed by atoms with Crippen molar-refractivity contribution in [2.45, 2.75) is 6.92 Å². The van der Waals surface area contributed by atoms with E-state index in [9.17, 15) is 9.59 Å². The standard InChI is InChI=1S/C20H16ClN7O4S/c1-9-3-10(11-4-14(21)24-6-13(11)31-2)12(5-23-9)17(30)28-20-27-16-18(32-7-15(22)29)25-8-26-19(16)33-20/h3-6,8H,7H2,1-2H3,(H2,22,29)(H,27,28,30). The summed E-state index contributed by atoms with van der Waals surface area (Å²) >= 11 is 7.20. The maximum atomic E-state index is 13.2. The van der Waals surface area contributed by atoms with Crippen LogP contribution >= 0.6 is 22.9 Å². The van der Waals surface area contributed by atoms with Crippen molar-refractivity contribution in [1.29, 1.82) is 0 Å². The minimum atomic E-state index is -0.656. The van der Waals surface area contributed by atoms with E-state index >= 15 is 0 Å². The summed E-state index contributed by atoms with van der Waals surface area (Å²) < 4.78 is 10.7. The molecule has 0 aliphatic rings. The lowest BCUT2D eigenvalue weighted by Gasteiger charge is -2.13. The molecule has 168 valence electrons. The first-order valence-corrected chi connectivity index (χ1v) is 10.6. The zero-order valence-corrected chi connectivity index (χ0v) is 18.9. The lowest BCUT2D eigenvalue weighted by Crippen LogP contribution is -2.20. The molecule has 0 saturated heterocycles. The summed E-state index contributed by atoms with van der Waals surface area (Å²) in [5, 5.41) is 3.25. The zero-order chi connectivity index (χ0) is 23.5. The summed E-state index contributed by atoms with van der Waals surface area (Å²) in [6, 6.07) is 3.37. The Morgan fingerprint density at radius 2 is 1.97 bits per heavy atom. The van der Waals surface area contributed by atoms with Crippen molar-refractivity contribution in [3.8, 4) is 22.8 Å². The van der Waals surface area contributed by atoms with E-state index in [4.69, 9.17) is 26.8 Å². The summed E-state index contributed by atoms with van der Waals surface area (Å²) in [6.45, 7) is 1.44. The van der Waals surface area contributed by atoms with Crippen LogP contribution in [-0.4, -0.2) is 50.5 Å². The highest BCUT2D eigenvalue weighted by molar-refractivity contribution is 7.22. The van der Waals surface area contributed by atoms with Gasteiger partial charge in [0.15, 0.2) is 22.1 Å². The number of carbonyl (C=O) groups is 2. The first-order valence-electron chi connectivity index (χ1n) is 9.36. The molecule has 0 aliphatic heterocycles. The van der Waals surface area contributed by atoms with Gasteiger partial charge in [-0.3, -0.25) is 19.9 Å². The maximum absolute atomic E-state index is 13.2. The molecule has 4 rings (SSSR count). The Balaban J connectivity index is 1.69. The number of nitrogens with one attached hydrogen (secondary N) is 1. The van der Waals surface area contributed by atoms with Crippen molar-refractivity contribution < 1.29 is 19.1 Å². The van der Waals surface area contributed by atoms with Gasteiger partial charge in [-0.25, -0.2) is 15.0 Å². The molecule has 0 unspecified atom stereocenters. The smallest absolute Gasteiger partial charge is 0.259 e. The molecule has 33 heavy (non-hydrogen) atoms. The fourth-order valence-electron chi connectivity index (χ4n) is 2.95. The van der Waals surface area contributed by atoms with Gasteiger partial charge in [0.1, 0.15) is 17.2 Å². The van der Waals surface area contributed by atoms with Crippen molar-refractivity contribution in [1.82, 2.24) is 24.9 Å². The number of ether oxygens (including phenoxy) is 2. The molecule has 0 aliphatic carbocycles. The molecule has 3 N–H and O–H groups in total. The minimum absolute atomic E-state index is 0.0874. The number of amides is 2. The zero-order valence-electron chi connectivity index (χ0n) is 17.3. The summed E-state index contributed by atoms with van der Waals surface area (Å²) in [5.41, 5.74) is 7.53. The highest BCUT2D eigenvalue weighted by Gasteiger charge is 2.20. The molecule has 0 spiro atoms. The maximum Gasteiger partial charge on any atom is 0.259 e. The first kappa shape index (κ1) is 22.3. The molecule has 13 heteroatoms. The number of nitrogens with two attached hydrogens (primary N) is 1. The summed E-state index contributed by atoms with van der Waals surface area (Å²) in [5.74, 6) is -0.578. The summed E-state index contributed by atoms with van der Waals surface area (Å²) in [7, 11) is 1.50. The van der Waals surface area contributed by atoms with Gasteiger partial charge in [0, 0.05) is 23.0 Å². The molecule has 0 atom stereocenters. The average molecular weight is 486 g/mol. The number of primary amides is 1. The predicted molar refractivity (Wildman–Crippen MR) is 122 cm³/mol. The number of hydrogen-bond acceptors (Lipinski definition) is 10. The van der Waals surface area contributed by atoms with Crippen LogP contribution in [-0.2, 0) is 4.79 Å². The highest BCUT2D eigenvalue weighted by atomic mass is 35.5. The van der Waals surface area contributed by atoms with Crippen molar-refractivity contribution >= 4 is 50.2 Å². The number of hydrogen-bond donors (Lipinski definition) is 2. The van der Waals surface area contributed by atoms with Crippen LogP contribution in [0.2, 0.25) is 5.15 Å². The molecule has 4 heterocycles. The first-order chi connectivity index (χ1) is 15.9. The summed E-state index contributed by atoms with van der Waals surface area (Å²) in [4.78, 5) is 45.3. The second-order valence-electron chi connectivity index (χ2n) is 6.64. The number of methoxy groups -OCH3 is 1. The fraction of sp³-hybridized carbons (Fsp3) is 0.150. The van der Waals surface area contributed by atoms with Gasteiger partial charge in [0.05, 0.1) is 18.9 Å². The highest BCUT2D eigenvalue weighted by Crippen LogP contribution is 2.35. The second-order valence-corrected chi connectivity index (χ2v) is 8.00. The van der Waals surface area contributed by atoms with Gasteiger partial charge >= 0.3 is 0 Å². The number of thiazole rings is 1. The van der Waals surface area contributed by atoms with E-state index in [0.717, 1.165) is 11.3 Å². The number of nitrogens with zero attached hydrogens (tertiary/aromatic N) is 5. The molecular weight excluding hydrogens is 470 g/mol. The van der Waals surface area contributed by atoms with Crippen molar-refractivity contribution in [3.05, 3.63) is 47.3 Å². The van der Waals surface area contributed by atoms with Crippen LogP contribution in [0.1, 0.15) is 16.1 Å². The lowest BCUT2D eigenvalue weighted by atomic mass is 10.0. The number of fused-ring (bicyclic) bond motifs is 1. The molecule has 0 saturated carbocycles. The van der Waals surface area contributed by atoms with Gasteiger partial charge < -0.3 is 15.2 Å². The van der Waals surface area contributed by atoms with Gasteiger partial charge in [-0.2, -0.15) is 4.98 Å². The number of carbonyl (C=O) groups excluding carboxylic acids is 2. The topological polar surface area (TPSA) is 155 Å². The van der Waals surface area contributed by atoms with E-state index in [1.165, 1.54) is 25.8 Å². The van der Waals surface area contributed by atoms with Gasteiger partial charge in [-0.15, -0.1) is 0 Å². The SMILES string of the molecule is COc1cnc(Cl)cc1-c1cc(C)ncc1C(=O)Nc1nc2c(OCC(N)=O)ncnc2s1. The van der Waals surface area contributed by atoms with Gasteiger partial charge in [-0.1, -0.05) is 22.9 Å². The van der Waals surface area contributed by atoms with E-state index in [1.807, 2.05) is 0 Å². The number of aryl methyl sites for hydroxylation is 1. The second kappa shape index (κ2) is 9.30. The molecule has 11 nitrogen and oxygen atoms in total. The fourth-order valence-corrected chi connectivity index (χ4v) is 3.90. The molecule has 0 bridgehead atoms. The Hall–Kier alpha value is -3.90. The average Bonchev–Trinajstić information content (AvgIpc) is 3.20. The van der Waals surface area contributed by atoms with Crippen LogP contribution < -0.4 is 20.5 Å². The molecular formula is C20H16ClN7O4S. The predicted octanol–water partition coefficient (Wildman–Crippen LogP) is 2.63. The van der Waals surface area contributed by atoms with Gasteiger partial charge in [-0.05, 0) is 19.1 Å². The molecule has 4 aromatic rings. The Kier molecular flexibility index (Phi) is 6.29. The van der Waals surface area contributed by atoms with E-state index < -0.39 is 11.8 Å². The lowest BCUT2D eigenvalue weighted by molar-refractivity contribution is -0.120. The molecule has 4 aromatic heterocycles. The minimum Gasteiger partial charge on any atom is -0.494 e. The summed E-state index contributed by atoms with van der Waals surface area (Å²) in [6.07, 6.45) is 4.21. The monoisotopic (exact) mass is 485 g/mol. The van der Waals surface area contributed by atoms with Crippen LogP contribution in [0.3, 0.4) is 0 Å². The van der Waals surface area contributed by atoms with Gasteiger partial charge in [0.2, 0.25) is 5.88 Å². The van der Waals surface area contributed by atoms with Crippen LogP contribution in [0, 0.1) is 6.92 Å². The molecule has 0 aromatic carbocycles. The quantitative estimate of drug-likeness (QED) is 0.375.